The van der Waals surface area contributed by atoms with E-state index in [4.69, 9.17) is 25.8 Å². The van der Waals surface area contributed by atoms with E-state index in [9.17, 15) is 8.42 Å². The molecule has 0 aliphatic carbocycles. The van der Waals surface area contributed by atoms with Crippen LogP contribution in [0.3, 0.4) is 0 Å². The molecule has 0 saturated heterocycles. The standard InChI is InChI=1S/C24H26ClN7O5S/c1-14(22-26-12-16(25)13-27-22)15(2)38(33,34)31-24-30-29-23(17-8-6-11-20(28-17)37-5)32(24)21-18(35-3)9-7-10-19(21)36-4/h6-15H,1-5H3,(H,30,31)/t14-,15-/m0/s1. The highest BCUT2D eigenvalue weighted by Gasteiger charge is 2.32. The molecule has 38 heavy (non-hydrogen) atoms. The lowest BCUT2D eigenvalue weighted by molar-refractivity contribution is 0.391. The molecule has 4 aromatic rings. The number of methoxy groups -OCH3 is 3. The zero-order valence-corrected chi connectivity index (χ0v) is 22.9. The Bertz CT molecular complexity index is 1510. The predicted molar refractivity (Wildman–Crippen MR) is 142 cm³/mol. The maximum absolute atomic E-state index is 13.5. The highest BCUT2D eigenvalue weighted by molar-refractivity contribution is 7.93. The Morgan fingerprint density at radius 3 is 2.16 bits per heavy atom. The van der Waals surface area contributed by atoms with Gasteiger partial charge < -0.3 is 14.2 Å². The van der Waals surface area contributed by atoms with Crippen LogP contribution in [0.5, 0.6) is 17.4 Å². The molecule has 0 aliphatic heterocycles. The molecule has 1 N–H and O–H groups in total. The monoisotopic (exact) mass is 559 g/mol. The molecule has 3 aromatic heterocycles. The van der Waals surface area contributed by atoms with Crippen LogP contribution >= 0.6 is 11.6 Å². The summed E-state index contributed by atoms with van der Waals surface area (Å²) in [4.78, 5) is 12.8. The number of nitrogens with zero attached hydrogens (tertiary/aromatic N) is 6. The van der Waals surface area contributed by atoms with Gasteiger partial charge in [-0.3, -0.25) is 9.29 Å². The molecule has 0 spiro atoms. The van der Waals surface area contributed by atoms with Crippen LogP contribution in [0, 0.1) is 0 Å². The first-order valence-corrected chi connectivity index (χ1v) is 13.3. The second-order valence-corrected chi connectivity index (χ2v) is 10.6. The van der Waals surface area contributed by atoms with Crippen LogP contribution in [-0.4, -0.2) is 64.7 Å². The molecular weight excluding hydrogens is 534 g/mol. The van der Waals surface area contributed by atoms with Gasteiger partial charge in [-0.1, -0.05) is 30.7 Å². The number of halogens is 1. The van der Waals surface area contributed by atoms with Crippen LogP contribution in [0.2, 0.25) is 5.02 Å². The van der Waals surface area contributed by atoms with E-state index < -0.39 is 21.2 Å². The lowest BCUT2D eigenvalue weighted by Gasteiger charge is -2.21. The largest absolute Gasteiger partial charge is 0.494 e. The van der Waals surface area contributed by atoms with Gasteiger partial charge in [0.25, 0.3) is 0 Å². The fraction of sp³-hybridized carbons (Fsp3) is 0.292. The number of pyridine rings is 1. The third kappa shape index (κ3) is 5.34. The zero-order valence-electron chi connectivity index (χ0n) is 21.3. The van der Waals surface area contributed by atoms with E-state index in [1.54, 1.807) is 50.2 Å². The number of para-hydroxylation sites is 1. The smallest absolute Gasteiger partial charge is 0.243 e. The Kier molecular flexibility index (Phi) is 7.97. The summed E-state index contributed by atoms with van der Waals surface area (Å²) in [5.74, 6) is 1.03. The van der Waals surface area contributed by atoms with Crippen molar-refractivity contribution in [2.75, 3.05) is 26.1 Å². The summed E-state index contributed by atoms with van der Waals surface area (Å²) in [5, 5.41) is 7.83. The average Bonchev–Trinajstić information content (AvgIpc) is 3.34. The summed E-state index contributed by atoms with van der Waals surface area (Å²) >= 11 is 5.88. The first-order valence-electron chi connectivity index (χ1n) is 11.4. The molecule has 200 valence electrons. The normalized spacial score (nSPS) is 13.0. The summed E-state index contributed by atoms with van der Waals surface area (Å²) in [6, 6.07) is 10.3. The lowest BCUT2D eigenvalue weighted by Crippen LogP contribution is -2.31. The minimum absolute atomic E-state index is 0.0940. The Morgan fingerprint density at radius 2 is 1.55 bits per heavy atom. The van der Waals surface area contributed by atoms with E-state index in [1.807, 2.05) is 0 Å². The van der Waals surface area contributed by atoms with Gasteiger partial charge in [-0.15, -0.1) is 10.2 Å². The van der Waals surface area contributed by atoms with Crippen molar-refractivity contribution in [1.82, 2.24) is 29.7 Å². The fourth-order valence-corrected chi connectivity index (χ4v) is 5.02. The van der Waals surface area contributed by atoms with Crippen molar-refractivity contribution in [3.63, 3.8) is 0 Å². The number of rotatable bonds is 10. The molecule has 0 saturated carbocycles. The van der Waals surface area contributed by atoms with Gasteiger partial charge in [0.05, 0.1) is 31.6 Å². The van der Waals surface area contributed by atoms with Crippen molar-refractivity contribution in [2.24, 2.45) is 0 Å². The number of sulfonamides is 1. The minimum atomic E-state index is -4.04. The Morgan fingerprint density at radius 1 is 0.921 bits per heavy atom. The molecule has 0 bridgehead atoms. The number of benzene rings is 1. The van der Waals surface area contributed by atoms with Crippen LogP contribution in [0.1, 0.15) is 25.6 Å². The molecule has 12 nitrogen and oxygen atoms in total. The molecule has 0 unspecified atom stereocenters. The first kappa shape index (κ1) is 27.1. The Labute approximate surface area is 225 Å². The van der Waals surface area contributed by atoms with Gasteiger partial charge in [-0.05, 0) is 25.1 Å². The molecule has 0 aliphatic rings. The predicted octanol–water partition coefficient (Wildman–Crippen LogP) is 3.73. The minimum Gasteiger partial charge on any atom is -0.494 e. The number of anilines is 1. The molecular formula is C24H26ClN7O5S. The number of hydrogen-bond acceptors (Lipinski definition) is 10. The number of nitrogens with one attached hydrogen (secondary N) is 1. The van der Waals surface area contributed by atoms with E-state index in [1.165, 1.54) is 38.3 Å². The van der Waals surface area contributed by atoms with Crippen LogP contribution in [0.25, 0.3) is 17.2 Å². The first-order chi connectivity index (χ1) is 18.2. The molecule has 3 heterocycles. The average molecular weight is 560 g/mol. The summed E-state index contributed by atoms with van der Waals surface area (Å²) in [6.45, 7) is 3.27. The van der Waals surface area contributed by atoms with Crippen molar-refractivity contribution in [3.05, 3.63) is 59.6 Å². The second kappa shape index (κ2) is 11.2. The third-order valence-electron chi connectivity index (χ3n) is 5.92. The van der Waals surface area contributed by atoms with Gasteiger partial charge in [-0.2, -0.15) is 0 Å². The van der Waals surface area contributed by atoms with E-state index in [-0.39, 0.29) is 11.8 Å². The molecule has 0 radical (unpaired) electrons. The highest BCUT2D eigenvalue weighted by atomic mass is 35.5. The molecule has 0 amide bonds. The maximum atomic E-state index is 13.5. The highest BCUT2D eigenvalue weighted by Crippen LogP contribution is 2.38. The van der Waals surface area contributed by atoms with Crippen LogP contribution in [0.15, 0.2) is 48.8 Å². The summed E-state index contributed by atoms with van der Waals surface area (Å²) < 4.78 is 47.6. The quantitative estimate of drug-likeness (QED) is 0.305. The van der Waals surface area contributed by atoms with E-state index in [2.05, 4.69) is 29.9 Å². The summed E-state index contributed by atoms with van der Waals surface area (Å²) in [7, 11) is 0.441. The van der Waals surface area contributed by atoms with Gasteiger partial charge in [0.15, 0.2) is 5.82 Å². The van der Waals surface area contributed by atoms with Crippen molar-refractivity contribution in [3.8, 4) is 34.6 Å². The molecule has 2 atom stereocenters. The summed E-state index contributed by atoms with van der Waals surface area (Å²) in [5.41, 5.74) is 0.757. The molecule has 14 heteroatoms. The van der Waals surface area contributed by atoms with Crippen molar-refractivity contribution >= 4 is 27.6 Å². The van der Waals surface area contributed by atoms with Crippen molar-refractivity contribution in [2.45, 2.75) is 25.0 Å². The number of hydrogen-bond donors (Lipinski definition) is 1. The molecule has 0 fully saturated rings. The number of ether oxygens (including phenoxy) is 3. The topological polar surface area (TPSA) is 143 Å². The molecule has 1 aromatic carbocycles. The van der Waals surface area contributed by atoms with Gasteiger partial charge in [0.2, 0.25) is 21.9 Å². The van der Waals surface area contributed by atoms with Gasteiger partial charge in [-0.25, -0.2) is 23.4 Å². The van der Waals surface area contributed by atoms with Crippen LogP contribution in [0.4, 0.5) is 5.95 Å². The SMILES string of the molecule is COc1cccc(-c2nnc(NS(=O)(=O)[C@@H](C)[C@H](C)c3ncc(Cl)cn3)n2-c2c(OC)cccc2OC)n1. The van der Waals surface area contributed by atoms with Gasteiger partial charge in [0.1, 0.15) is 28.7 Å². The van der Waals surface area contributed by atoms with Crippen LogP contribution in [-0.2, 0) is 10.0 Å². The van der Waals surface area contributed by atoms with Gasteiger partial charge in [0, 0.05) is 24.4 Å². The third-order valence-corrected chi connectivity index (χ3v) is 7.97. The Balaban J connectivity index is 1.84. The lowest BCUT2D eigenvalue weighted by atomic mass is 10.1. The second-order valence-electron chi connectivity index (χ2n) is 8.16. The maximum Gasteiger partial charge on any atom is 0.243 e. The fourth-order valence-electron chi connectivity index (χ4n) is 3.69. The summed E-state index contributed by atoms with van der Waals surface area (Å²) in [6.07, 6.45) is 2.84. The Hall–Kier alpha value is -3.97. The zero-order chi connectivity index (χ0) is 27.4. The molecule has 4 rings (SSSR count). The van der Waals surface area contributed by atoms with E-state index in [0.29, 0.717) is 39.6 Å². The van der Waals surface area contributed by atoms with Gasteiger partial charge >= 0.3 is 0 Å². The van der Waals surface area contributed by atoms with Crippen LogP contribution < -0.4 is 18.9 Å². The van der Waals surface area contributed by atoms with E-state index in [0.717, 1.165) is 0 Å². The number of aromatic nitrogens is 6. The van der Waals surface area contributed by atoms with Crippen molar-refractivity contribution in [1.29, 1.82) is 0 Å². The van der Waals surface area contributed by atoms with E-state index >= 15 is 0 Å². The van der Waals surface area contributed by atoms with Crippen molar-refractivity contribution < 1.29 is 22.6 Å².